The number of carbonyl (C=O) groups is 3. The molecule has 5 atom stereocenters. The summed E-state index contributed by atoms with van der Waals surface area (Å²) in [5.74, 6) is -1.56. The number of allylic oxidation sites excluding steroid dienone is 32. The van der Waals surface area contributed by atoms with Crippen LogP contribution in [-0.4, -0.2) is 95.9 Å². The number of hydrogen-bond donors (Lipinski definition) is 4. The highest BCUT2D eigenvalue weighted by Crippen LogP contribution is 2.45. The Morgan fingerprint density at radius 2 is 0.398 bits per heavy atom. The van der Waals surface area contributed by atoms with Gasteiger partial charge in [0.05, 0.1) is 26.4 Å². The predicted molar refractivity (Wildman–Crippen MR) is 564 cm³/mol. The van der Waals surface area contributed by atoms with E-state index in [-0.39, 0.29) is 19.3 Å². The normalized spacial score (nSPS) is 14.4. The van der Waals surface area contributed by atoms with E-state index in [9.17, 15) is 43.5 Å². The van der Waals surface area contributed by atoms with Crippen molar-refractivity contribution >= 4 is 33.6 Å². The number of phosphoric ester groups is 2. The van der Waals surface area contributed by atoms with E-state index in [1.165, 1.54) is 225 Å². The van der Waals surface area contributed by atoms with Gasteiger partial charge < -0.3 is 34.2 Å². The first kappa shape index (κ1) is 127. The summed E-state index contributed by atoms with van der Waals surface area (Å²) in [4.78, 5) is 59.3. The maximum Gasteiger partial charge on any atom is 0.472 e. The van der Waals surface area contributed by atoms with E-state index in [4.69, 9.17) is 32.3 Å². The third-order valence-corrected chi connectivity index (χ3v) is 24.7. The number of hydrogen-bond acceptors (Lipinski definition) is 14. The lowest BCUT2D eigenvalue weighted by Gasteiger charge is -2.21. The number of esters is 3. The summed E-state index contributed by atoms with van der Waals surface area (Å²) in [6, 6.07) is 0. The molecule has 0 heterocycles. The van der Waals surface area contributed by atoms with Gasteiger partial charge in [-0.05, 0) is 167 Å². The van der Waals surface area contributed by atoms with Gasteiger partial charge in [0.25, 0.3) is 0 Å². The van der Waals surface area contributed by atoms with Crippen molar-refractivity contribution in [1.29, 1.82) is 0 Å². The van der Waals surface area contributed by atoms with E-state index < -0.39 is 91.5 Å². The van der Waals surface area contributed by atoms with Gasteiger partial charge in [-0.3, -0.25) is 32.5 Å². The molecule has 0 bridgehead atoms. The lowest BCUT2D eigenvalue weighted by molar-refractivity contribution is -0.161. The average Bonchev–Trinajstić information content (AvgIpc) is 0.896. The van der Waals surface area contributed by atoms with Gasteiger partial charge in [0.2, 0.25) is 0 Å². The molecule has 0 aliphatic rings. The van der Waals surface area contributed by atoms with Gasteiger partial charge in [-0.25, -0.2) is 9.13 Å². The first-order valence-corrected chi connectivity index (χ1v) is 56.7. The van der Waals surface area contributed by atoms with Gasteiger partial charge in [-0.15, -0.1) is 0 Å². The quantitative estimate of drug-likeness (QED) is 0.0146. The van der Waals surface area contributed by atoms with Crippen LogP contribution in [0, 0.1) is 0 Å². The van der Waals surface area contributed by atoms with Crippen LogP contribution in [0.2, 0.25) is 0 Å². The smallest absolute Gasteiger partial charge is 0.463 e. The molecule has 16 nitrogen and oxygen atoms in total. The van der Waals surface area contributed by atoms with Gasteiger partial charge in [-0.2, -0.15) is 0 Å². The maximum atomic E-state index is 13.2. The molecule has 0 saturated carbocycles. The number of carbonyl (C=O) groups excluding carboxylic acids is 3. The van der Waals surface area contributed by atoms with Gasteiger partial charge in [-0.1, -0.05) is 466 Å². The third-order valence-electron chi connectivity index (χ3n) is 22.8. The molecule has 4 N–H and O–H groups in total. The fraction of sp³-hybridized carbons (Fsp3) is 0.696. The zero-order chi connectivity index (χ0) is 96.4. The van der Waals surface area contributed by atoms with Crippen molar-refractivity contribution in [1.82, 2.24) is 0 Å². The Kier molecular flexibility index (Phi) is 101. The first-order chi connectivity index (χ1) is 65.2. The fourth-order valence-electron chi connectivity index (χ4n) is 14.7. The molecular weight excluding hydrogens is 1700 g/mol. The van der Waals surface area contributed by atoms with Crippen LogP contribution in [0.4, 0.5) is 0 Å². The summed E-state index contributed by atoms with van der Waals surface area (Å²) in [6.07, 6.45) is 142. The van der Waals surface area contributed by atoms with Gasteiger partial charge in [0, 0.05) is 19.3 Å². The second kappa shape index (κ2) is 105. The van der Waals surface area contributed by atoms with Crippen LogP contribution in [0.5, 0.6) is 0 Å². The van der Waals surface area contributed by atoms with E-state index in [0.29, 0.717) is 19.3 Å². The number of phosphoric acid groups is 2. The third kappa shape index (κ3) is 107. The van der Waals surface area contributed by atoms with Crippen LogP contribution in [0.25, 0.3) is 0 Å². The minimum absolute atomic E-state index is 0.101. The Bertz CT molecular complexity index is 3200. The van der Waals surface area contributed by atoms with Crippen LogP contribution in [0.1, 0.15) is 457 Å². The molecule has 0 radical (unpaired) electrons. The van der Waals surface area contributed by atoms with Crippen molar-refractivity contribution in [3.05, 3.63) is 194 Å². The number of aliphatic hydroxyl groups is 2. The van der Waals surface area contributed by atoms with Crippen molar-refractivity contribution < 1.29 is 75.8 Å². The SMILES string of the molecule is CC/C=C\C/C=C\C/C=C\C/C=C\C/C=C\C/C=C\CCCCCCCCCCCCCCCCCCC(=O)OCC(O)COP(=O)(O)OCC(O)COP(=O)(O)OCC(COC(=O)CCCCCCCCCCCCCC/C=C\C/C=C\C/C=C\C/C=C\C/C=C\C/C=C\CC)OC(=O)CCCCCCCCCCCCCCCCC/C=C\C/C=C\C/C=C\C/C=C\CCCCC. The molecule has 18 heteroatoms. The second-order valence-corrected chi connectivity index (χ2v) is 38.6. The molecule has 0 aliphatic heterocycles. The summed E-state index contributed by atoms with van der Waals surface area (Å²) in [7, 11) is -9.82. The number of aliphatic hydroxyl groups excluding tert-OH is 2. The van der Waals surface area contributed by atoms with E-state index in [2.05, 4.69) is 215 Å². The first-order valence-electron chi connectivity index (χ1n) is 53.7. The molecule has 133 heavy (non-hydrogen) atoms. The highest BCUT2D eigenvalue weighted by molar-refractivity contribution is 7.47. The standard InChI is InChI=1S/C115H196O16P2/c1-4-7-10-13-16-19-22-25-28-31-34-37-40-43-46-49-52-53-54-55-58-60-62-65-68-71-74-77-80-83-86-89-92-95-98-101-113(118)125-104-110(116)105-127-132(121,122)128-106-111(117)107-129-133(123,124)130-109-112(131-115(120)103-100-97-94-91-88-85-82-79-76-73-70-67-64-61-57-51-48-45-42-39-36-33-30-27-24-21-18-15-12-9-6-3)108-126-114(119)102-99-96-93-90-87-84-81-78-75-72-69-66-63-59-56-50-47-44-41-38-35-32-29-26-23-20-17-14-11-8-5-2/h7-8,10-11,16-21,25-30,34-39,43-48,52-53,56,59,110-112,116-117H,4-6,9,12-15,22-24,31-33,40-42,49-51,54-55,57-58,60-109H2,1-3H3,(H,121,122)(H,123,124)/b10-7-,11-8-,19-16-,20-17-,21-18-,28-25-,29-26-,30-27-,37-34-,38-35-,39-36-,46-43-,47-44-,48-45-,53-52-,59-56-. The van der Waals surface area contributed by atoms with Crippen LogP contribution in [0.3, 0.4) is 0 Å². The van der Waals surface area contributed by atoms with Gasteiger partial charge in [0.1, 0.15) is 25.4 Å². The molecule has 0 saturated heterocycles. The molecule has 0 rings (SSSR count). The van der Waals surface area contributed by atoms with E-state index in [0.717, 1.165) is 173 Å². The summed E-state index contributed by atoms with van der Waals surface area (Å²) in [5, 5.41) is 20.8. The number of unbranched alkanes of at least 4 members (excludes halogenated alkanes) is 46. The predicted octanol–water partition coefficient (Wildman–Crippen LogP) is 34.5. The minimum Gasteiger partial charge on any atom is -0.463 e. The van der Waals surface area contributed by atoms with Crippen molar-refractivity contribution in [3.8, 4) is 0 Å². The lowest BCUT2D eigenvalue weighted by atomic mass is 10.0. The minimum atomic E-state index is -4.95. The molecule has 0 amide bonds. The summed E-state index contributed by atoms with van der Waals surface area (Å²) >= 11 is 0. The van der Waals surface area contributed by atoms with Crippen LogP contribution >= 0.6 is 15.6 Å². The van der Waals surface area contributed by atoms with Gasteiger partial charge >= 0.3 is 33.6 Å². The van der Waals surface area contributed by atoms with Crippen LogP contribution in [-0.2, 0) is 55.8 Å². The summed E-state index contributed by atoms with van der Waals surface area (Å²) in [5.41, 5.74) is 0. The molecule has 0 spiro atoms. The Morgan fingerprint density at radius 3 is 0.632 bits per heavy atom. The molecule has 0 aromatic carbocycles. The Labute approximate surface area is 814 Å². The largest absolute Gasteiger partial charge is 0.472 e. The maximum absolute atomic E-state index is 13.2. The highest BCUT2D eigenvalue weighted by atomic mass is 31.2. The average molecular weight is 1900 g/mol. The van der Waals surface area contributed by atoms with Crippen molar-refractivity contribution in [2.24, 2.45) is 0 Å². The molecule has 5 unspecified atom stereocenters. The molecule has 0 aromatic rings. The number of ether oxygens (including phenoxy) is 3. The zero-order valence-electron chi connectivity index (χ0n) is 84.6. The van der Waals surface area contributed by atoms with Crippen LogP contribution in [0.15, 0.2) is 194 Å². The highest BCUT2D eigenvalue weighted by Gasteiger charge is 2.30. The van der Waals surface area contributed by atoms with Crippen molar-refractivity contribution in [2.45, 2.75) is 476 Å². The molecule has 0 fully saturated rings. The van der Waals surface area contributed by atoms with E-state index >= 15 is 0 Å². The fourth-order valence-corrected chi connectivity index (χ4v) is 16.3. The van der Waals surface area contributed by atoms with Crippen molar-refractivity contribution in [3.63, 3.8) is 0 Å². The monoisotopic (exact) mass is 1900 g/mol. The van der Waals surface area contributed by atoms with E-state index in [1.807, 2.05) is 0 Å². The second-order valence-electron chi connectivity index (χ2n) is 35.6. The van der Waals surface area contributed by atoms with Gasteiger partial charge in [0.15, 0.2) is 6.10 Å². The Balaban J connectivity index is 4.61. The van der Waals surface area contributed by atoms with E-state index in [1.54, 1.807) is 0 Å². The molecule has 0 aromatic heterocycles. The molecular formula is C115H196O16P2. The Morgan fingerprint density at radius 1 is 0.218 bits per heavy atom. The molecule has 762 valence electrons. The van der Waals surface area contributed by atoms with Crippen LogP contribution < -0.4 is 0 Å². The summed E-state index contributed by atoms with van der Waals surface area (Å²) in [6.45, 7) is 2.50. The topological polar surface area (TPSA) is 231 Å². The van der Waals surface area contributed by atoms with Crippen molar-refractivity contribution in [2.75, 3.05) is 39.6 Å². The lowest BCUT2D eigenvalue weighted by Crippen LogP contribution is -2.30. The number of rotatable bonds is 101. The molecule has 0 aliphatic carbocycles. The summed E-state index contributed by atoms with van der Waals surface area (Å²) < 4.78 is 61.8. The zero-order valence-corrected chi connectivity index (χ0v) is 86.4. The Hall–Kier alpha value is -5.61.